The summed E-state index contributed by atoms with van der Waals surface area (Å²) in [6.07, 6.45) is -0.205. The molecule has 2 heterocycles. The van der Waals surface area contributed by atoms with Gasteiger partial charge < -0.3 is 14.7 Å². The van der Waals surface area contributed by atoms with Crippen LogP contribution in [-0.2, 0) is 4.74 Å². The molecule has 1 aromatic heterocycles. The molecule has 3 rings (SSSR count). The highest BCUT2D eigenvalue weighted by atomic mass is 16.5. The molecule has 0 saturated carbocycles. The largest absolute Gasteiger partial charge is 0.477 e. The van der Waals surface area contributed by atoms with Gasteiger partial charge in [-0.25, -0.2) is 9.78 Å². The van der Waals surface area contributed by atoms with Gasteiger partial charge in [0.2, 0.25) is 0 Å². The lowest BCUT2D eigenvalue weighted by Gasteiger charge is -2.38. The van der Waals surface area contributed by atoms with Crippen LogP contribution < -0.4 is 0 Å². The van der Waals surface area contributed by atoms with Crippen molar-refractivity contribution < 1.29 is 19.4 Å². The molecular formula is C19H20N2O4. The van der Waals surface area contributed by atoms with Crippen LogP contribution in [0.25, 0.3) is 0 Å². The van der Waals surface area contributed by atoms with E-state index in [1.165, 1.54) is 12.1 Å². The Balaban J connectivity index is 1.85. The molecule has 1 N–H and O–H groups in total. The van der Waals surface area contributed by atoms with Crippen LogP contribution in [0, 0.1) is 6.92 Å². The Morgan fingerprint density at radius 2 is 1.88 bits per heavy atom. The van der Waals surface area contributed by atoms with Crippen LogP contribution in [0.5, 0.6) is 0 Å². The topological polar surface area (TPSA) is 79.7 Å². The van der Waals surface area contributed by atoms with Crippen LogP contribution in [0.4, 0.5) is 0 Å². The van der Waals surface area contributed by atoms with Crippen LogP contribution in [0.1, 0.15) is 45.1 Å². The first-order valence-corrected chi connectivity index (χ1v) is 8.16. The maximum atomic E-state index is 12.9. The van der Waals surface area contributed by atoms with Crippen molar-refractivity contribution in [2.24, 2.45) is 0 Å². The zero-order valence-electron chi connectivity index (χ0n) is 14.2. The first-order valence-electron chi connectivity index (χ1n) is 8.16. The highest BCUT2D eigenvalue weighted by Crippen LogP contribution is 2.28. The average molecular weight is 340 g/mol. The molecule has 1 aromatic carbocycles. The number of carboxylic acid groups (broad SMARTS) is 1. The maximum absolute atomic E-state index is 12.9. The Hall–Kier alpha value is -2.73. The van der Waals surface area contributed by atoms with Crippen molar-refractivity contribution in [1.29, 1.82) is 0 Å². The van der Waals surface area contributed by atoms with Crippen LogP contribution >= 0.6 is 0 Å². The van der Waals surface area contributed by atoms with E-state index in [0.29, 0.717) is 13.2 Å². The van der Waals surface area contributed by atoms with Gasteiger partial charge in [0, 0.05) is 0 Å². The third kappa shape index (κ3) is 3.53. The third-order valence-electron chi connectivity index (χ3n) is 4.42. The Bertz CT molecular complexity index is 806. The van der Waals surface area contributed by atoms with Crippen molar-refractivity contribution in [3.8, 4) is 0 Å². The van der Waals surface area contributed by atoms with Crippen LogP contribution in [-0.4, -0.2) is 46.1 Å². The molecule has 0 aliphatic carbocycles. The smallest absolute Gasteiger partial charge is 0.354 e. The summed E-state index contributed by atoms with van der Waals surface area (Å²) in [4.78, 5) is 29.6. The molecular weight excluding hydrogens is 320 g/mol. The number of carboxylic acids is 1. The maximum Gasteiger partial charge on any atom is 0.354 e. The number of amides is 1. The lowest BCUT2D eigenvalue weighted by Crippen LogP contribution is -2.48. The minimum atomic E-state index is -1.15. The zero-order valence-corrected chi connectivity index (χ0v) is 14.2. The van der Waals surface area contributed by atoms with Crippen molar-refractivity contribution in [2.75, 3.05) is 13.2 Å². The van der Waals surface area contributed by atoms with Gasteiger partial charge in [-0.05, 0) is 37.1 Å². The van der Waals surface area contributed by atoms with E-state index in [1.807, 2.05) is 38.1 Å². The van der Waals surface area contributed by atoms with Gasteiger partial charge >= 0.3 is 5.97 Å². The number of rotatable bonds is 3. The van der Waals surface area contributed by atoms with Gasteiger partial charge in [0.15, 0.2) is 0 Å². The Labute approximate surface area is 146 Å². The van der Waals surface area contributed by atoms with Gasteiger partial charge in [-0.3, -0.25) is 4.79 Å². The molecule has 6 heteroatoms. The molecule has 1 amide bonds. The molecule has 6 nitrogen and oxygen atoms in total. The number of morpholine rings is 1. The summed E-state index contributed by atoms with van der Waals surface area (Å²) in [6.45, 7) is 4.75. The lowest BCUT2D eigenvalue weighted by atomic mass is 10.0. The number of carbonyl (C=O) groups excluding carboxylic acids is 1. The minimum Gasteiger partial charge on any atom is -0.477 e. The van der Waals surface area contributed by atoms with Crippen molar-refractivity contribution >= 4 is 11.9 Å². The fourth-order valence-corrected chi connectivity index (χ4v) is 3.00. The van der Waals surface area contributed by atoms with Crippen LogP contribution in [0.3, 0.4) is 0 Å². The zero-order chi connectivity index (χ0) is 18.0. The summed E-state index contributed by atoms with van der Waals surface area (Å²) in [5.41, 5.74) is 2.17. The van der Waals surface area contributed by atoms with Crippen molar-refractivity contribution in [1.82, 2.24) is 9.88 Å². The van der Waals surface area contributed by atoms with E-state index in [2.05, 4.69) is 4.98 Å². The third-order valence-corrected chi connectivity index (χ3v) is 4.42. The van der Waals surface area contributed by atoms with Crippen LogP contribution in [0.2, 0.25) is 0 Å². The second-order valence-electron chi connectivity index (χ2n) is 6.20. The normalized spacial score (nSPS) is 20.3. The monoisotopic (exact) mass is 340 g/mol. The molecule has 2 unspecified atom stereocenters. The molecule has 2 atom stereocenters. The highest BCUT2D eigenvalue weighted by molar-refractivity contribution is 5.94. The summed E-state index contributed by atoms with van der Waals surface area (Å²) in [6, 6.07) is 12.3. The predicted molar refractivity (Wildman–Crippen MR) is 91.6 cm³/mol. The Kier molecular flexibility index (Phi) is 4.81. The second-order valence-corrected chi connectivity index (χ2v) is 6.20. The van der Waals surface area contributed by atoms with Crippen LogP contribution in [0.15, 0.2) is 42.5 Å². The predicted octanol–water partition coefficient (Wildman–Crippen LogP) is 2.69. The molecule has 0 radical (unpaired) electrons. The lowest BCUT2D eigenvalue weighted by molar-refractivity contribution is -0.0490. The van der Waals surface area contributed by atoms with Gasteiger partial charge in [0.1, 0.15) is 17.5 Å². The quantitative estimate of drug-likeness (QED) is 0.929. The molecule has 1 fully saturated rings. The summed E-state index contributed by atoms with van der Waals surface area (Å²) in [5, 5.41) is 9.07. The molecule has 2 aromatic rings. The molecule has 130 valence electrons. The summed E-state index contributed by atoms with van der Waals surface area (Å²) >= 11 is 0. The molecule has 0 bridgehead atoms. The summed E-state index contributed by atoms with van der Waals surface area (Å²) < 4.78 is 5.93. The van der Waals surface area contributed by atoms with E-state index < -0.39 is 5.97 Å². The first-order chi connectivity index (χ1) is 12.0. The molecule has 1 aliphatic rings. The van der Waals surface area contributed by atoms with Gasteiger partial charge in [-0.15, -0.1) is 0 Å². The minimum absolute atomic E-state index is 0.108. The molecule has 0 spiro atoms. The van der Waals surface area contributed by atoms with E-state index in [9.17, 15) is 9.59 Å². The van der Waals surface area contributed by atoms with Crippen molar-refractivity contribution in [3.63, 3.8) is 0 Å². The second kappa shape index (κ2) is 7.03. The van der Waals surface area contributed by atoms with E-state index in [4.69, 9.17) is 9.84 Å². The number of hydrogen-bond donors (Lipinski definition) is 1. The number of pyridine rings is 1. The standard InChI is InChI=1S/C19H20N2O4/c1-12-6-3-4-7-14(12)17-10-21(13(2)11-25-17)18(22)15-8-5-9-16(20-15)19(23)24/h3-9,13,17H,10-11H2,1-2H3,(H,23,24). The first kappa shape index (κ1) is 17.1. The molecule has 1 saturated heterocycles. The van der Waals surface area contributed by atoms with Crippen molar-refractivity contribution in [3.05, 3.63) is 65.0 Å². The van der Waals surface area contributed by atoms with Gasteiger partial charge in [0.25, 0.3) is 5.91 Å². The number of hydrogen-bond acceptors (Lipinski definition) is 4. The number of benzene rings is 1. The Morgan fingerprint density at radius 3 is 2.60 bits per heavy atom. The van der Waals surface area contributed by atoms with E-state index in [1.54, 1.807) is 11.0 Å². The average Bonchev–Trinajstić information content (AvgIpc) is 2.62. The number of aromatic carboxylic acids is 1. The number of aromatic nitrogens is 1. The van der Waals surface area contributed by atoms with E-state index in [-0.39, 0.29) is 29.4 Å². The number of ether oxygens (including phenoxy) is 1. The van der Waals surface area contributed by atoms with E-state index >= 15 is 0 Å². The van der Waals surface area contributed by atoms with Gasteiger partial charge in [-0.1, -0.05) is 30.3 Å². The van der Waals surface area contributed by atoms with Crippen molar-refractivity contribution in [2.45, 2.75) is 26.0 Å². The highest BCUT2D eigenvalue weighted by Gasteiger charge is 2.32. The van der Waals surface area contributed by atoms with Gasteiger partial charge in [0.05, 0.1) is 19.2 Å². The summed E-state index contributed by atoms with van der Waals surface area (Å²) in [5.74, 6) is -1.43. The SMILES string of the molecule is Cc1ccccc1C1CN(C(=O)c2cccc(C(=O)O)n2)C(C)CO1. The fourth-order valence-electron chi connectivity index (χ4n) is 3.00. The van der Waals surface area contributed by atoms with E-state index in [0.717, 1.165) is 11.1 Å². The number of nitrogens with zero attached hydrogens (tertiary/aromatic N) is 2. The van der Waals surface area contributed by atoms with Gasteiger partial charge in [-0.2, -0.15) is 0 Å². The number of aryl methyl sites for hydroxylation is 1. The fraction of sp³-hybridized carbons (Fsp3) is 0.316. The number of carbonyl (C=O) groups is 2. The summed E-state index contributed by atoms with van der Waals surface area (Å²) in [7, 11) is 0. The Morgan fingerprint density at radius 1 is 1.16 bits per heavy atom. The molecule has 25 heavy (non-hydrogen) atoms. The molecule has 1 aliphatic heterocycles.